The van der Waals surface area contributed by atoms with E-state index in [1.807, 2.05) is 73.1 Å². The Morgan fingerprint density at radius 1 is 0.933 bits per heavy atom. The van der Waals surface area contributed by atoms with Crippen molar-refractivity contribution in [1.29, 1.82) is 5.26 Å². The second kappa shape index (κ2) is 9.40. The molecule has 4 nitrogen and oxygen atoms in total. The second-order valence-corrected chi connectivity index (χ2v) is 8.13. The predicted octanol–water partition coefficient (Wildman–Crippen LogP) is 6.57. The topological polar surface area (TPSA) is 61.1 Å². The van der Waals surface area contributed by atoms with Gasteiger partial charge in [0.05, 0.1) is 16.3 Å². The Hall–Kier alpha value is -3.40. The maximum atomic E-state index is 8.86. The first-order valence-corrected chi connectivity index (χ1v) is 11.3. The molecule has 0 saturated carbocycles. The van der Waals surface area contributed by atoms with E-state index < -0.39 is 0 Å². The molecular formula is C24H18N4S2. The fraction of sp³-hybridized carbons (Fsp3) is 0.0417. The maximum absolute atomic E-state index is 8.86. The Balaban J connectivity index is 1.80. The van der Waals surface area contributed by atoms with Crippen molar-refractivity contribution in [3.8, 4) is 38.5 Å². The van der Waals surface area contributed by atoms with Gasteiger partial charge < -0.3 is 0 Å². The fourth-order valence-electron chi connectivity index (χ4n) is 3.02. The molecule has 0 atom stereocenters. The summed E-state index contributed by atoms with van der Waals surface area (Å²) in [6, 6.07) is 28.5. The third kappa shape index (κ3) is 4.43. The van der Waals surface area contributed by atoms with E-state index in [4.69, 9.17) is 10.2 Å². The van der Waals surface area contributed by atoms with Gasteiger partial charge in [-0.2, -0.15) is 5.26 Å². The molecule has 0 spiro atoms. The smallest absolute Gasteiger partial charge is 0.183 e. The quantitative estimate of drug-likeness (QED) is 0.174. The summed E-state index contributed by atoms with van der Waals surface area (Å²) in [4.78, 5) is 10.7. The SMILES string of the molecule is CSC(=Nc1cccc(-c2nc(-c3ccccc3)c(-c3ccccc3)s2)c1)NC#N. The largest absolute Gasteiger partial charge is 0.271 e. The van der Waals surface area contributed by atoms with Gasteiger partial charge in [-0.15, -0.1) is 11.3 Å². The number of hydrogen-bond donors (Lipinski definition) is 1. The van der Waals surface area contributed by atoms with Gasteiger partial charge in [0.1, 0.15) is 5.01 Å². The molecule has 30 heavy (non-hydrogen) atoms. The predicted molar refractivity (Wildman–Crippen MR) is 128 cm³/mol. The minimum absolute atomic E-state index is 0.559. The fourth-order valence-corrected chi connectivity index (χ4v) is 4.45. The van der Waals surface area contributed by atoms with Crippen LogP contribution < -0.4 is 5.32 Å². The van der Waals surface area contributed by atoms with Crippen molar-refractivity contribution in [2.75, 3.05) is 6.26 Å². The van der Waals surface area contributed by atoms with Gasteiger partial charge >= 0.3 is 0 Å². The van der Waals surface area contributed by atoms with Gasteiger partial charge in [0.2, 0.25) is 0 Å². The summed E-state index contributed by atoms with van der Waals surface area (Å²) in [7, 11) is 0. The van der Waals surface area contributed by atoms with Gasteiger partial charge in [-0.25, -0.2) is 9.98 Å². The van der Waals surface area contributed by atoms with Crippen LogP contribution in [0.25, 0.3) is 32.3 Å². The molecule has 6 heteroatoms. The molecule has 4 rings (SSSR count). The Morgan fingerprint density at radius 2 is 1.60 bits per heavy atom. The van der Waals surface area contributed by atoms with Crippen LogP contribution in [0.3, 0.4) is 0 Å². The van der Waals surface area contributed by atoms with Crippen LogP contribution in [0.15, 0.2) is 89.9 Å². The summed E-state index contributed by atoms with van der Waals surface area (Å²) in [6.07, 6.45) is 3.80. The van der Waals surface area contributed by atoms with Crippen LogP contribution >= 0.6 is 23.1 Å². The van der Waals surface area contributed by atoms with Crippen LogP contribution in [0.2, 0.25) is 0 Å². The van der Waals surface area contributed by atoms with Crippen LogP contribution in [0.1, 0.15) is 0 Å². The lowest BCUT2D eigenvalue weighted by Crippen LogP contribution is -2.12. The number of hydrogen-bond acceptors (Lipinski definition) is 5. The summed E-state index contributed by atoms with van der Waals surface area (Å²) in [6.45, 7) is 0. The molecule has 0 amide bonds. The molecule has 0 aliphatic rings. The second-order valence-electron chi connectivity index (χ2n) is 6.34. The third-order valence-electron chi connectivity index (χ3n) is 4.39. The Labute approximate surface area is 184 Å². The first-order valence-electron chi connectivity index (χ1n) is 9.28. The van der Waals surface area contributed by atoms with E-state index in [1.54, 1.807) is 11.3 Å². The molecule has 0 radical (unpaired) electrons. The highest BCUT2D eigenvalue weighted by atomic mass is 32.2. The lowest BCUT2D eigenvalue weighted by Gasteiger charge is -2.02. The van der Waals surface area contributed by atoms with Gasteiger partial charge in [-0.05, 0) is 24.0 Å². The van der Waals surface area contributed by atoms with Crippen LogP contribution in [0.4, 0.5) is 5.69 Å². The van der Waals surface area contributed by atoms with Crippen LogP contribution in [0, 0.1) is 11.5 Å². The molecule has 0 fully saturated rings. The summed E-state index contributed by atoms with van der Waals surface area (Å²) in [5, 5.41) is 13.0. The number of benzene rings is 3. The maximum Gasteiger partial charge on any atom is 0.183 e. The van der Waals surface area contributed by atoms with Gasteiger partial charge in [-0.3, -0.25) is 5.32 Å². The van der Waals surface area contributed by atoms with Gasteiger partial charge in [0, 0.05) is 11.1 Å². The van der Waals surface area contributed by atoms with Crippen LogP contribution in [-0.4, -0.2) is 16.4 Å². The van der Waals surface area contributed by atoms with Crippen LogP contribution in [-0.2, 0) is 0 Å². The average molecular weight is 427 g/mol. The number of thioether (sulfide) groups is 1. The van der Waals surface area contributed by atoms with Gasteiger partial charge in [-0.1, -0.05) is 84.6 Å². The summed E-state index contributed by atoms with van der Waals surface area (Å²) >= 11 is 3.07. The van der Waals surface area contributed by atoms with Crippen LogP contribution in [0.5, 0.6) is 0 Å². The van der Waals surface area contributed by atoms with Crippen molar-refractivity contribution in [3.63, 3.8) is 0 Å². The summed E-state index contributed by atoms with van der Waals surface area (Å²) in [5.74, 6) is 0. The number of nitrogens with one attached hydrogen (secondary N) is 1. The molecule has 0 unspecified atom stereocenters. The zero-order chi connectivity index (χ0) is 20.8. The van der Waals surface area contributed by atoms with Crippen molar-refractivity contribution in [3.05, 3.63) is 84.9 Å². The van der Waals surface area contributed by atoms with E-state index >= 15 is 0 Å². The van der Waals surface area contributed by atoms with Crippen molar-refractivity contribution in [2.45, 2.75) is 0 Å². The highest BCUT2D eigenvalue weighted by Gasteiger charge is 2.16. The average Bonchev–Trinajstić information content (AvgIpc) is 3.26. The standard InChI is InChI=1S/C24H18N4S2/c1-29-24(26-16-25)27-20-14-8-13-19(15-20)23-28-21(17-9-4-2-5-10-17)22(30-23)18-11-6-3-7-12-18/h2-15H,1H3,(H,26,27). The van der Waals surface area contributed by atoms with Gasteiger partial charge in [0.25, 0.3) is 0 Å². The number of nitriles is 1. The van der Waals surface area contributed by atoms with Crippen molar-refractivity contribution in [2.24, 2.45) is 4.99 Å². The van der Waals surface area contributed by atoms with E-state index in [0.717, 1.165) is 38.0 Å². The van der Waals surface area contributed by atoms with E-state index in [1.165, 1.54) is 11.8 Å². The molecule has 146 valence electrons. The molecule has 3 aromatic carbocycles. The highest BCUT2D eigenvalue weighted by Crippen LogP contribution is 2.41. The molecular weight excluding hydrogens is 408 g/mol. The number of aliphatic imine (C=N–C) groups is 1. The molecule has 1 heterocycles. The van der Waals surface area contributed by atoms with Gasteiger partial charge in [0.15, 0.2) is 11.4 Å². The van der Waals surface area contributed by atoms with Crippen molar-refractivity contribution >= 4 is 34.0 Å². The minimum atomic E-state index is 0.559. The Bertz CT molecular complexity index is 1150. The lowest BCUT2D eigenvalue weighted by atomic mass is 10.1. The summed E-state index contributed by atoms with van der Waals surface area (Å²) in [5.41, 5.74) is 5.00. The molecule has 0 bridgehead atoms. The number of amidine groups is 1. The zero-order valence-electron chi connectivity index (χ0n) is 16.2. The molecule has 0 saturated heterocycles. The van der Waals surface area contributed by atoms with E-state index in [2.05, 4.69) is 34.6 Å². The normalized spacial score (nSPS) is 11.1. The monoisotopic (exact) mass is 426 g/mol. The van der Waals surface area contributed by atoms with Crippen molar-refractivity contribution in [1.82, 2.24) is 10.3 Å². The molecule has 0 aliphatic heterocycles. The molecule has 0 aliphatic carbocycles. The number of thiazole rings is 1. The molecule has 4 aromatic rings. The number of rotatable bonds is 4. The molecule has 1 aromatic heterocycles. The Morgan fingerprint density at radius 3 is 2.27 bits per heavy atom. The Kier molecular flexibility index (Phi) is 6.23. The lowest BCUT2D eigenvalue weighted by molar-refractivity contribution is 1.28. The van der Waals surface area contributed by atoms with E-state index in [-0.39, 0.29) is 0 Å². The first-order chi connectivity index (χ1) is 14.8. The van der Waals surface area contributed by atoms with E-state index in [9.17, 15) is 0 Å². The first kappa shape index (κ1) is 19.9. The van der Waals surface area contributed by atoms with Crippen molar-refractivity contribution < 1.29 is 0 Å². The highest BCUT2D eigenvalue weighted by molar-refractivity contribution is 8.13. The number of aromatic nitrogens is 1. The minimum Gasteiger partial charge on any atom is -0.271 e. The summed E-state index contributed by atoms with van der Waals surface area (Å²) < 4.78 is 0. The van der Waals surface area contributed by atoms with E-state index in [0.29, 0.717) is 5.17 Å². The number of nitrogens with zero attached hydrogens (tertiary/aromatic N) is 3. The third-order valence-corrected chi connectivity index (χ3v) is 6.12. The zero-order valence-corrected chi connectivity index (χ0v) is 17.9. The molecule has 1 N–H and O–H groups in total.